The summed E-state index contributed by atoms with van der Waals surface area (Å²) >= 11 is 0. The first-order chi connectivity index (χ1) is 13.5. The largest absolute Gasteiger partial charge is 0.497 e. The summed E-state index contributed by atoms with van der Waals surface area (Å²) in [4.78, 5) is 4.26. The van der Waals surface area contributed by atoms with Crippen molar-refractivity contribution >= 4 is 20.1 Å². The molecule has 0 amide bonds. The Labute approximate surface area is 171 Å². The highest BCUT2D eigenvalue weighted by molar-refractivity contribution is 7.48. The zero-order chi connectivity index (χ0) is 20.6. The molecule has 28 heavy (non-hydrogen) atoms. The summed E-state index contributed by atoms with van der Waals surface area (Å²) in [6.07, 6.45) is 4.07. The van der Waals surface area contributed by atoms with Crippen LogP contribution in [0.4, 0.5) is 0 Å². The smallest absolute Gasteiger partial charge is 0.188 e. The van der Waals surface area contributed by atoms with Gasteiger partial charge in [0.25, 0.3) is 0 Å². The van der Waals surface area contributed by atoms with Gasteiger partial charge in [-0.3, -0.25) is 4.99 Å². The lowest BCUT2D eigenvalue weighted by Crippen LogP contribution is -2.22. The van der Waals surface area contributed by atoms with Gasteiger partial charge in [0.2, 0.25) is 0 Å². The van der Waals surface area contributed by atoms with E-state index in [0.29, 0.717) is 8.58 Å². The van der Waals surface area contributed by atoms with Crippen molar-refractivity contribution in [2.24, 2.45) is 4.99 Å². The molecule has 0 aliphatic carbocycles. The van der Waals surface area contributed by atoms with E-state index in [4.69, 9.17) is 14.2 Å². The second kappa shape index (κ2) is 10.6. The van der Waals surface area contributed by atoms with Crippen molar-refractivity contribution in [1.29, 1.82) is 0 Å². The second-order valence-electron chi connectivity index (χ2n) is 7.10. The molecule has 0 saturated carbocycles. The van der Waals surface area contributed by atoms with E-state index >= 15 is 0 Å². The van der Waals surface area contributed by atoms with Crippen LogP contribution in [0.3, 0.4) is 0 Å². The minimum absolute atomic E-state index is 0.0854. The third-order valence-corrected chi connectivity index (χ3v) is 6.55. The topological polar surface area (TPSA) is 40.0 Å². The lowest BCUT2D eigenvalue weighted by molar-refractivity contribution is 0.0500. The van der Waals surface area contributed by atoms with Gasteiger partial charge in [0, 0.05) is 31.1 Å². The van der Waals surface area contributed by atoms with Crippen molar-refractivity contribution in [3.8, 4) is 11.5 Å². The first-order valence-corrected chi connectivity index (χ1v) is 10.6. The molecule has 2 aromatic carbocycles. The molecule has 0 saturated heterocycles. The highest BCUT2D eigenvalue weighted by Gasteiger charge is 2.31. The second-order valence-corrected chi connectivity index (χ2v) is 8.99. The van der Waals surface area contributed by atoms with Gasteiger partial charge in [0.15, 0.2) is 6.79 Å². The Balaban J connectivity index is 2.54. The standard InChI is InChI=1S/C23H32NO3P/c1-7-12-23(3,28-22-11-8-17(2)13-18(22)15-24-4)20-14-19(26-6)9-10-21(20)27-16-25-5/h8-11,13-15,28H,7,12,16H2,1-6H3/b24-15+. The van der Waals surface area contributed by atoms with E-state index in [1.54, 1.807) is 14.2 Å². The Bertz CT molecular complexity index is 806. The fourth-order valence-electron chi connectivity index (χ4n) is 3.42. The number of rotatable bonds is 10. The van der Waals surface area contributed by atoms with Crippen molar-refractivity contribution < 1.29 is 14.2 Å². The molecule has 0 bridgehead atoms. The molecule has 2 rings (SSSR count). The molecule has 152 valence electrons. The summed E-state index contributed by atoms with van der Waals surface area (Å²) in [7, 11) is 5.72. The predicted molar refractivity (Wildman–Crippen MR) is 120 cm³/mol. The van der Waals surface area contributed by atoms with Crippen molar-refractivity contribution in [2.75, 3.05) is 28.1 Å². The molecule has 0 aliphatic rings. The van der Waals surface area contributed by atoms with E-state index in [-0.39, 0.29) is 11.9 Å². The van der Waals surface area contributed by atoms with Gasteiger partial charge in [-0.15, -0.1) is 0 Å². The van der Waals surface area contributed by atoms with Crippen molar-refractivity contribution in [1.82, 2.24) is 0 Å². The Morgan fingerprint density at radius 2 is 1.93 bits per heavy atom. The minimum Gasteiger partial charge on any atom is -0.497 e. The minimum atomic E-state index is -0.0854. The number of nitrogens with zero attached hydrogens (tertiary/aromatic N) is 1. The molecule has 2 unspecified atom stereocenters. The number of hydrogen-bond donors (Lipinski definition) is 0. The van der Waals surface area contributed by atoms with Gasteiger partial charge in [0.1, 0.15) is 11.5 Å². The number of methoxy groups -OCH3 is 2. The van der Waals surface area contributed by atoms with Crippen LogP contribution in [0.25, 0.3) is 0 Å². The van der Waals surface area contributed by atoms with Crippen LogP contribution >= 0.6 is 8.58 Å². The summed E-state index contributed by atoms with van der Waals surface area (Å²) in [5.41, 5.74) is 3.58. The van der Waals surface area contributed by atoms with E-state index < -0.39 is 0 Å². The molecule has 0 spiro atoms. The third kappa shape index (κ3) is 5.56. The van der Waals surface area contributed by atoms with Crippen molar-refractivity contribution in [3.05, 3.63) is 53.1 Å². The number of hydrogen-bond acceptors (Lipinski definition) is 4. The van der Waals surface area contributed by atoms with Crippen LogP contribution in [0.15, 0.2) is 41.4 Å². The van der Waals surface area contributed by atoms with Crippen LogP contribution in [0, 0.1) is 6.92 Å². The molecule has 0 aliphatic heterocycles. The van der Waals surface area contributed by atoms with Crippen LogP contribution in [0.2, 0.25) is 0 Å². The first-order valence-electron chi connectivity index (χ1n) is 9.58. The normalized spacial score (nSPS) is 13.9. The maximum Gasteiger partial charge on any atom is 0.188 e. The molecule has 4 nitrogen and oxygen atoms in total. The zero-order valence-electron chi connectivity index (χ0n) is 17.8. The zero-order valence-corrected chi connectivity index (χ0v) is 18.8. The van der Waals surface area contributed by atoms with Crippen molar-refractivity contribution in [3.63, 3.8) is 0 Å². The van der Waals surface area contributed by atoms with Crippen LogP contribution in [-0.2, 0) is 9.89 Å². The van der Waals surface area contributed by atoms with Crippen LogP contribution in [0.1, 0.15) is 43.4 Å². The van der Waals surface area contributed by atoms with Crippen LogP contribution in [-0.4, -0.2) is 34.3 Å². The van der Waals surface area contributed by atoms with E-state index in [1.165, 1.54) is 16.4 Å². The molecular weight excluding hydrogens is 369 g/mol. The number of benzene rings is 2. The van der Waals surface area contributed by atoms with E-state index in [9.17, 15) is 0 Å². The van der Waals surface area contributed by atoms with Crippen LogP contribution in [0.5, 0.6) is 11.5 Å². The van der Waals surface area contributed by atoms with E-state index in [1.807, 2.05) is 25.4 Å². The Morgan fingerprint density at radius 1 is 1.14 bits per heavy atom. The van der Waals surface area contributed by atoms with E-state index in [2.05, 4.69) is 50.0 Å². The van der Waals surface area contributed by atoms with Gasteiger partial charge in [-0.25, -0.2) is 0 Å². The lowest BCUT2D eigenvalue weighted by Gasteiger charge is -2.32. The average Bonchev–Trinajstić information content (AvgIpc) is 2.69. The van der Waals surface area contributed by atoms with Gasteiger partial charge in [-0.2, -0.15) is 0 Å². The summed E-state index contributed by atoms with van der Waals surface area (Å²) in [6.45, 7) is 6.88. The summed E-state index contributed by atoms with van der Waals surface area (Å²) in [5.74, 6) is 1.69. The molecule has 2 atom stereocenters. The van der Waals surface area contributed by atoms with Crippen LogP contribution < -0.4 is 14.8 Å². The quantitative estimate of drug-likeness (QED) is 0.318. The Morgan fingerprint density at radius 3 is 2.57 bits per heavy atom. The molecular formula is C23H32NO3P. The number of aliphatic imine (C=N–C) groups is 1. The number of aryl methyl sites for hydroxylation is 1. The molecule has 0 heterocycles. The number of ether oxygens (including phenoxy) is 3. The monoisotopic (exact) mass is 401 g/mol. The highest BCUT2D eigenvalue weighted by atomic mass is 31.1. The summed E-state index contributed by atoms with van der Waals surface area (Å²) in [5, 5.41) is 1.23. The SMILES string of the molecule is CCCC(C)(Pc1ccc(C)cc1/C=N/C)c1cc(OC)ccc1OCOC. The van der Waals surface area contributed by atoms with Gasteiger partial charge in [-0.05, 0) is 48.5 Å². The molecule has 5 heteroatoms. The predicted octanol–water partition coefficient (Wildman–Crippen LogP) is 5.05. The fourth-order valence-corrected chi connectivity index (χ4v) is 5.17. The molecule has 0 N–H and O–H groups in total. The van der Waals surface area contributed by atoms with Gasteiger partial charge < -0.3 is 14.2 Å². The summed E-state index contributed by atoms with van der Waals surface area (Å²) < 4.78 is 16.6. The molecule has 0 fully saturated rings. The third-order valence-electron chi connectivity index (χ3n) is 4.75. The van der Waals surface area contributed by atoms with Gasteiger partial charge >= 0.3 is 0 Å². The van der Waals surface area contributed by atoms with Crippen molar-refractivity contribution in [2.45, 2.75) is 38.8 Å². The average molecular weight is 401 g/mol. The molecule has 0 aromatic heterocycles. The highest BCUT2D eigenvalue weighted by Crippen LogP contribution is 2.49. The maximum absolute atomic E-state index is 5.91. The Hall–Kier alpha value is -1.90. The van der Waals surface area contributed by atoms with E-state index in [0.717, 1.165) is 29.9 Å². The lowest BCUT2D eigenvalue weighted by atomic mass is 9.94. The van der Waals surface area contributed by atoms with Gasteiger partial charge in [-0.1, -0.05) is 46.5 Å². The maximum atomic E-state index is 5.91. The fraction of sp³-hybridized carbons (Fsp3) is 0.435. The Kier molecular flexibility index (Phi) is 8.47. The molecule has 2 aromatic rings. The summed E-state index contributed by atoms with van der Waals surface area (Å²) in [6, 6.07) is 12.6. The van der Waals surface area contributed by atoms with Gasteiger partial charge in [0.05, 0.1) is 7.11 Å². The first kappa shape index (κ1) is 22.4. The molecule has 0 radical (unpaired) electrons.